The fraction of sp³-hybridized carbons (Fsp3) is 0.571. The van der Waals surface area contributed by atoms with E-state index in [-0.39, 0.29) is 36.1 Å². The zero-order chi connectivity index (χ0) is 25.5. The van der Waals surface area contributed by atoms with Crippen molar-refractivity contribution in [2.24, 2.45) is 11.7 Å². The van der Waals surface area contributed by atoms with Gasteiger partial charge < -0.3 is 5.73 Å². The lowest BCUT2D eigenvalue weighted by molar-refractivity contribution is -0.119. The fourth-order valence-electron chi connectivity index (χ4n) is 5.92. The predicted octanol–water partition coefficient (Wildman–Crippen LogP) is 3.80. The van der Waals surface area contributed by atoms with Crippen molar-refractivity contribution in [1.29, 1.82) is 5.26 Å². The van der Waals surface area contributed by atoms with Crippen LogP contribution in [-0.4, -0.2) is 45.5 Å². The monoisotopic (exact) mass is 491 g/mol. The van der Waals surface area contributed by atoms with E-state index in [1.165, 1.54) is 5.56 Å². The number of halogens is 1. The van der Waals surface area contributed by atoms with E-state index in [9.17, 15) is 14.9 Å². The first kappa shape index (κ1) is 24.6. The van der Waals surface area contributed by atoms with E-state index in [0.29, 0.717) is 31.6 Å². The van der Waals surface area contributed by atoms with Gasteiger partial charge in [0, 0.05) is 31.2 Å². The number of rotatable bonds is 9. The molecule has 2 heterocycles. The summed E-state index contributed by atoms with van der Waals surface area (Å²) in [4.78, 5) is 26.7. The van der Waals surface area contributed by atoms with Gasteiger partial charge in [-0.3, -0.25) is 19.2 Å². The molecule has 2 N–H and O–H groups in total. The number of benzene rings is 1. The van der Waals surface area contributed by atoms with Crippen LogP contribution in [0.2, 0.25) is 0 Å². The smallest absolute Gasteiger partial charge is 0.252 e. The van der Waals surface area contributed by atoms with Gasteiger partial charge in [-0.25, -0.2) is 4.39 Å². The molecule has 0 unspecified atom stereocenters. The first-order chi connectivity index (χ1) is 17.3. The molecule has 1 aliphatic heterocycles. The minimum atomic E-state index is -1.31. The third-order valence-electron chi connectivity index (χ3n) is 8.51. The zero-order valence-electron chi connectivity index (χ0n) is 20.9. The highest BCUT2D eigenvalue weighted by atomic mass is 19.1. The number of aryl methyl sites for hydroxylation is 1. The van der Waals surface area contributed by atoms with Crippen LogP contribution in [0, 0.1) is 17.2 Å². The van der Waals surface area contributed by atoms with Crippen molar-refractivity contribution in [3.8, 4) is 6.07 Å². The van der Waals surface area contributed by atoms with E-state index in [2.05, 4.69) is 23.0 Å². The molecule has 1 aromatic heterocycles. The average molecular weight is 492 g/mol. The zero-order valence-corrected chi connectivity index (χ0v) is 20.9. The Balaban J connectivity index is 1.27. The summed E-state index contributed by atoms with van der Waals surface area (Å²) in [5.74, 6) is -0.437. The summed E-state index contributed by atoms with van der Waals surface area (Å²) in [6.07, 6.45) is 7.74. The molecule has 190 valence electrons. The minimum absolute atomic E-state index is 0.0723. The van der Waals surface area contributed by atoms with Gasteiger partial charge in [0.05, 0.1) is 35.7 Å². The van der Waals surface area contributed by atoms with Crippen LogP contribution in [0.3, 0.4) is 0 Å². The Kier molecular flexibility index (Phi) is 6.46. The summed E-state index contributed by atoms with van der Waals surface area (Å²) in [5, 5.41) is 14.3. The van der Waals surface area contributed by atoms with E-state index in [1.807, 2.05) is 24.3 Å². The third kappa shape index (κ3) is 4.57. The lowest BCUT2D eigenvalue weighted by Gasteiger charge is -2.51. The molecule has 3 fully saturated rings. The van der Waals surface area contributed by atoms with E-state index < -0.39 is 17.1 Å². The summed E-state index contributed by atoms with van der Waals surface area (Å²) in [7, 11) is 0. The third-order valence-corrected chi connectivity index (χ3v) is 8.51. The molecule has 1 saturated heterocycles. The Morgan fingerprint density at radius 1 is 1.17 bits per heavy atom. The molecule has 2 saturated carbocycles. The lowest BCUT2D eigenvalue weighted by Crippen LogP contribution is -2.61. The number of ketones is 1. The average Bonchev–Trinajstić information content (AvgIpc) is 3.63. The minimum Gasteiger partial charge on any atom is -0.365 e. The second-order valence-corrected chi connectivity index (χ2v) is 10.9. The topological polar surface area (TPSA) is 105 Å². The van der Waals surface area contributed by atoms with Gasteiger partial charge in [-0.05, 0) is 56.1 Å². The lowest BCUT2D eigenvalue weighted by atomic mass is 9.75. The number of nitrogens with two attached hydrogens (primary N) is 1. The van der Waals surface area contributed by atoms with Gasteiger partial charge in [-0.2, -0.15) is 10.4 Å². The highest BCUT2D eigenvalue weighted by Crippen LogP contribution is 2.44. The number of carbonyl (C=O) groups is 2. The Morgan fingerprint density at radius 2 is 1.83 bits per heavy atom. The van der Waals surface area contributed by atoms with E-state index in [0.717, 1.165) is 37.7 Å². The number of aromatic nitrogens is 2. The first-order valence-electron chi connectivity index (χ1n) is 13.1. The normalized spacial score (nSPS) is 25.6. The SMILES string of the molecule is CCc1ccc(C2(F)CN(C3CCC(CC#N)(n4cc(C(N)=O)c(CC(=O)C5CC5)n4)CC3)C2)cc1. The molecule has 8 heteroatoms. The first-order valence-corrected chi connectivity index (χ1v) is 13.1. The maximum atomic E-state index is 15.5. The number of carbonyl (C=O) groups excluding carboxylic acids is 2. The second-order valence-electron chi connectivity index (χ2n) is 10.9. The number of primary amides is 1. The van der Waals surface area contributed by atoms with Crippen LogP contribution in [0.4, 0.5) is 4.39 Å². The van der Waals surface area contributed by atoms with Crippen molar-refractivity contribution in [3.05, 3.63) is 52.8 Å². The van der Waals surface area contributed by atoms with Crippen molar-refractivity contribution < 1.29 is 14.0 Å². The largest absolute Gasteiger partial charge is 0.365 e. The fourth-order valence-corrected chi connectivity index (χ4v) is 5.92. The van der Waals surface area contributed by atoms with Crippen molar-refractivity contribution in [2.75, 3.05) is 13.1 Å². The van der Waals surface area contributed by atoms with Gasteiger partial charge in [0.2, 0.25) is 0 Å². The van der Waals surface area contributed by atoms with Crippen LogP contribution in [-0.2, 0) is 28.8 Å². The number of nitrogens with zero attached hydrogens (tertiary/aromatic N) is 4. The molecule has 7 nitrogen and oxygen atoms in total. The Bertz CT molecular complexity index is 1180. The van der Waals surface area contributed by atoms with Crippen molar-refractivity contribution in [2.45, 2.75) is 82.0 Å². The van der Waals surface area contributed by atoms with Gasteiger partial charge in [0.15, 0.2) is 5.67 Å². The number of likely N-dealkylation sites (tertiary alicyclic amines) is 1. The van der Waals surface area contributed by atoms with Gasteiger partial charge >= 0.3 is 0 Å². The maximum Gasteiger partial charge on any atom is 0.252 e. The number of Topliss-reactive ketones (excluding diaryl/α,β-unsaturated/α-hetero) is 1. The van der Waals surface area contributed by atoms with Crippen LogP contribution < -0.4 is 5.73 Å². The molecule has 0 atom stereocenters. The van der Waals surface area contributed by atoms with Crippen LogP contribution in [0.5, 0.6) is 0 Å². The summed E-state index contributed by atoms with van der Waals surface area (Å²) in [6, 6.07) is 10.4. The predicted molar refractivity (Wildman–Crippen MR) is 133 cm³/mol. The molecular weight excluding hydrogens is 457 g/mol. The quantitative estimate of drug-likeness (QED) is 0.575. The van der Waals surface area contributed by atoms with Crippen molar-refractivity contribution in [3.63, 3.8) is 0 Å². The van der Waals surface area contributed by atoms with Gasteiger partial charge in [-0.15, -0.1) is 0 Å². The number of hydrogen-bond donors (Lipinski definition) is 1. The molecule has 1 aromatic carbocycles. The number of nitriles is 1. The highest BCUT2D eigenvalue weighted by Gasteiger charge is 2.49. The molecule has 36 heavy (non-hydrogen) atoms. The summed E-state index contributed by atoms with van der Waals surface area (Å²) >= 11 is 0. The highest BCUT2D eigenvalue weighted by molar-refractivity contribution is 5.95. The van der Waals surface area contributed by atoms with E-state index >= 15 is 4.39 Å². The Morgan fingerprint density at radius 3 is 2.39 bits per heavy atom. The summed E-state index contributed by atoms with van der Waals surface area (Å²) in [5.41, 5.74) is 6.38. The molecule has 0 bridgehead atoms. The molecule has 2 aliphatic carbocycles. The Hall–Kier alpha value is -3.05. The molecule has 0 radical (unpaired) electrons. The van der Waals surface area contributed by atoms with Crippen molar-refractivity contribution in [1.82, 2.24) is 14.7 Å². The van der Waals surface area contributed by atoms with Crippen LogP contribution in [0.15, 0.2) is 30.5 Å². The number of alkyl halides is 1. The van der Waals surface area contributed by atoms with Crippen LogP contribution in [0.1, 0.15) is 79.0 Å². The molecule has 0 spiro atoms. The Labute approximate surface area is 211 Å². The molecule has 2 aromatic rings. The van der Waals surface area contributed by atoms with Crippen LogP contribution >= 0.6 is 0 Å². The molecular formula is C28H34FN5O2. The number of amides is 1. The van der Waals surface area contributed by atoms with Gasteiger partial charge in [-0.1, -0.05) is 31.2 Å². The molecule has 3 aliphatic rings. The molecule has 5 rings (SSSR count). The number of hydrogen-bond acceptors (Lipinski definition) is 5. The standard InChI is InChI=1S/C28H34FN5O2/c1-2-19-3-7-21(8-4-19)28(29)17-33(18-28)22-9-11-27(12-10-22,13-14-30)34-16-23(26(31)36)24(32-34)15-25(35)20-5-6-20/h3-4,7-8,16,20,22H,2,5-6,9-13,15,17-18H2,1H3,(H2,31,36). The van der Waals surface area contributed by atoms with E-state index in [1.54, 1.807) is 10.9 Å². The summed E-state index contributed by atoms with van der Waals surface area (Å²) < 4.78 is 17.3. The summed E-state index contributed by atoms with van der Waals surface area (Å²) in [6.45, 7) is 2.86. The van der Waals surface area contributed by atoms with Gasteiger partial charge in [0.1, 0.15) is 5.78 Å². The van der Waals surface area contributed by atoms with Crippen LogP contribution in [0.25, 0.3) is 0 Å². The second kappa shape index (κ2) is 9.44. The molecule has 1 amide bonds. The van der Waals surface area contributed by atoms with Gasteiger partial charge in [0.25, 0.3) is 5.91 Å². The maximum absolute atomic E-state index is 15.5. The van der Waals surface area contributed by atoms with E-state index in [4.69, 9.17) is 5.73 Å². The van der Waals surface area contributed by atoms with Crippen molar-refractivity contribution >= 4 is 11.7 Å².